The van der Waals surface area contributed by atoms with Gasteiger partial charge >= 0.3 is 0 Å². The van der Waals surface area contributed by atoms with Crippen molar-refractivity contribution >= 4 is 38.6 Å². The van der Waals surface area contributed by atoms with E-state index in [1.807, 2.05) is 4.93 Å². The van der Waals surface area contributed by atoms with Gasteiger partial charge in [-0.1, -0.05) is 0 Å². The van der Waals surface area contributed by atoms with Crippen molar-refractivity contribution in [3.8, 4) is 11.4 Å². The Morgan fingerprint density at radius 2 is 1.83 bits per heavy atom. The lowest BCUT2D eigenvalue weighted by molar-refractivity contribution is 0.628. The lowest BCUT2D eigenvalue weighted by atomic mass is 10.1. The summed E-state index contributed by atoms with van der Waals surface area (Å²) in [7, 11) is 0. The summed E-state index contributed by atoms with van der Waals surface area (Å²) in [6.45, 7) is 0. The lowest BCUT2D eigenvalue weighted by Gasteiger charge is -2.05. The van der Waals surface area contributed by atoms with Crippen molar-refractivity contribution in [2.24, 2.45) is 3.15 Å². The van der Waals surface area contributed by atoms with Gasteiger partial charge < -0.3 is 11.5 Å². The van der Waals surface area contributed by atoms with Gasteiger partial charge in [-0.15, -0.1) is 0 Å². The third-order valence-corrected chi connectivity index (χ3v) is 3.05. The highest BCUT2D eigenvalue weighted by Gasteiger charge is 2.11. The maximum atomic E-state index is 13.3. The zero-order valence-electron chi connectivity index (χ0n) is 9.43. The van der Waals surface area contributed by atoms with Crippen LogP contribution in [0.25, 0.3) is 11.4 Å². The van der Waals surface area contributed by atoms with E-state index in [1.54, 1.807) is 6.07 Å². The molecule has 0 atom stereocenters. The molecule has 2 aromatic rings. The van der Waals surface area contributed by atoms with E-state index < -0.39 is 5.82 Å². The Balaban J connectivity index is 2.64. The van der Waals surface area contributed by atoms with Crippen molar-refractivity contribution in [3.63, 3.8) is 0 Å². The Kier molecular flexibility index (Phi) is 3.75. The Labute approximate surface area is 113 Å². The van der Waals surface area contributed by atoms with Crippen molar-refractivity contribution in [3.05, 3.63) is 24.0 Å². The molecule has 0 radical (unpaired) electrons. The maximum absolute atomic E-state index is 13.3. The maximum Gasteiger partial charge on any atom is 0.225 e. The Morgan fingerprint density at radius 3 is 2.44 bits per heavy atom. The molecule has 0 fully saturated rings. The number of aromatic nitrogens is 3. The van der Waals surface area contributed by atoms with E-state index in [-0.39, 0.29) is 38.8 Å². The standard InChI is InChI=1S/C10H10FIN6/c1-12-18-7-3-2-5(11)4-6(7)8-15-9(13)17-10(14)16-8/h2-4H,1H3,(H4,13,14,15,16,17). The molecule has 0 aliphatic carbocycles. The van der Waals surface area contributed by atoms with Crippen molar-refractivity contribution < 1.29 is 4.39 Å². The van der Waals surface area contributed by atoms with Crippen LogP contribution in [0.1, 0.15) is 0 Å². The first kappa shape index (κ1) is 12.7. The molecule has 0 aliphatic heterocycles. The van der Waals surface area contributed by atoms with Gasteiger partial charge in [0.15, 0.2) is 5.82 Å². The van der Waals surface area contributed by atoms with Crippen LogP contribution in [-0.4, -0.2) is 19.9 Å². The fourth-order valence-electron chi connectivity index (χ4n) is 1.38. The highest BCUT2D eigenvalue weighted by molar-refractivity contribution is 14.2. The van der Waals surface area contributed by atoms with Gasteiger partial charge in [-0.05, 0) is 39.2 Å². The molecule has 0 bridgehead atoms. The molecule has 1 aromatic heterocycles. The lowest BCUT2D eigenvalue weighted by Crippen LogP contribution is -2.04. The average Bonchev–Trinajstić information content (AvgIpc) is 2.30. The van der Waals surface area contributed by atoms with Gasteiger partial charge in [0.25, 0.3) is 0 Å². The van der Waals surface area contributed by atoms with Crippen LogP contribution in [-0.2, 0) is 0 Å². The van der Waals surface area contributed by atoms with Crippen molar-refractivity contribution in [2.75, 3.05) is 16.4 Å². The highest BCUT2D eigenvalue weighted by atomic mass is 127. The number of hydrogen-bond donors (Lipinski definition) is 2. The third-order valence-electron chi connectivity index (χ3n) is 2.05. The molecule has 0 aliphatic rings. The van der Waals surface area contributed by atoms with Crippen LogP contribution in [0.5, 0.6) is 0 Å². The normalized spacial score (nSPS) is 11.4. The zero-order valence-corrected chi connectivity index (χ0v) is 11.6. The van der Waals surface area contributed by atoms with Crippen molar-refractivity contribution in [1.82, 2.24) is 15.0 Å². The second-order valence-corrected chi connectivity index (χ2v) is 4.74. The second-order valence-electron chi connectivity index (χ2n) is 3.29. The molecule has 0 saturated heterocycles. The summed E-state index contributed by atoms with van der Waals surface area (Å²) >= 11 is -0.337. The van der Waals surface area contributed by atoms with Crippen LogP contribution >= 0.6 is 21.0 Å². The topological polar surface area (TPSA) is 103 Å². The number of halogens is 2. The van der Waals surface area contributed by atoms with E-state index in [1.165, 1.54) is 12.1 Å². The molecule has 8 heteroatoms. The van der Waals surface area contributed by atoms with E-state index in [4.69, 9.17) is 11.5 Å². The minimum Gasteiger partial charge on any atom is -0.368 e. The Morgan fingerprint density at radius 1 is 1.17 bits per heavy atom. The zero-order chi connectivity index (χ0) is 13.1. The summed E-state index contributed by atoms with van der Waals surface area (Å²) in [5.74, 6) is -0.163. The quantitative estimate of drug-likeness (QED) is 0.632. The number of rotatable bonds is 2. The first-order valence-corrected chi connectivity index (χ1v) is 7.99. The molecule has 94 valence electrons. The number of alkyl halides is 1. The third kappa shape index (κ3) is 2.75. The summed E-state index contributed by atoms with van der Waals surface area (Å²) in [5.41, 5.74) is 12.1. The molecule has 2 rings (SSSR count). The van der Waals surface area contributed by atoms with Gasteiger partial charge in [-0.3, -0.25) is 0 Å². The smallest absolute Gasteiger partial charge is 0.225 e. The van der Waals surface area contributed by atoms with E-state index >= 15 is 0 Å². The van der Waals surface area contributed by atoms with Crippen LogP contribution < -0.4 is 11.5 Å². The number of nitrogens with two attached hydrogens (primary N) is 2. The largest absolute Gasteiger partial charge is 0.368 e. The molecular formula is C10H10FIN6. The van der Waals surface area contributed by atoms with Crippen molar-refractivity contribution in [2.45, 2.75) is 0 Å². The molecule has 1 aromatic carbocycles. The van der Waals surface area contributed by atoms with E-state index in [0.717, 1.165) is 0 Å². The summed E-state index contributed by atoms with van der Waals surface area (Å²) < 4.78 is 17.7. The number of hydrogen-bond acceptors (Lipinski definition) is 6. The molecule has 4 N–H and O–H groups in total. The van der Waals surface area contributed by atoms with Crippen LogP contribution in [0.2, 0.25) is 0 Å². The molecule has 0 unspecified atom stereocenters. The summed E-state index contributed by atoms with van der Waals surface area (Å²) in [6.07, 6.45) is 0. The summed E-state index contributed by atoms with van der Waals surface area (Å²) in [4.78, 5) is 13.6. The van der Waals surface area contributed by atoms with Crippen LogP contribution in [0.4, 0.5) is 22.0 Å². The van der Waals surface area contributed by atoms with Crippen LogP contribution in [0, 0.1) is 5.82 Å². The Hall–Kier alpha value is -1.71. The summed E-state index contributed by atoms with van der Waals surface area (Å²) in [6, 6.07) is 4.24. The van der Waals surface area contributed by atoms with Gasteiger partial charge in [-0.2, -0.15) is 15.0 Å². The second kappa shape index (κ2) is 5.29. The minimum absolute atomic E-state index is 0.00101. The minimum atomic E-state index is -0.393. The van der Waals surface area contributed by atoms with Gasteiger partial charge in [0.1, 0.15) is 5.82 Å². The fraction of sp³-hybridized carbons (Fsp3) is 0.100. The first-order chi connectivity index (χ1) is 8.60. The highest BCUT2D eigenvalue weighted by Crippen LogP contribution is 2.31. The summed E-state index contributed by atoms with van der Waals surface area (Å²) in [5, 5.41) is 0. The Bertz CT molecular complexity index is 595. The molecular weight excluding hydrogens is 350 g/mol. The predicted octanol–water partition coefficient (Wildman–Crippen LogP) is 2.26. The average molecular weight is 360 g/mol. The number of nitrogen functional groups attached to an aromatic ring is 2. The fourth-order valence-corrected chi connectivity index (χ4v) is 2.32. The van der Waals surface area contributed by atoms with Crippen molar-refractivity contribution in [1.29, 1.82) is 0 Å². The van der Waals surface area contributed by atoms with Gasteiger partial charge in [0.05, 0.1) is 5.69 Å². The van der Waals surface area contributed by atoms with E-state index in [2.05, 4.69) is 18.1 Å². The predicted molar refractivity (Wildman–Crippen MR) is 76.1 cm³/mol. The van der Waals surface area contributed by atoms with E-state index in [0.29, 0.717) is 11.3 Å². The van der Waals surface area contributed by atoms with Crippen LogP contribution in [0.3, 0.4) is 0 Å². The number of anilines is 2. The van der Waals surface area contributed by atoms with E-state index in [9.17, 15) is 4.39 Å². The molecule has 1 heterocycles. The first-order valence-electron chi connectivity index (χ1n) is 4.87. The number of nitrogens with zero attached hydrogens (tertiary/aromatic N) is 4. The molecule has 18 heavy (non-hydrogen) atoms. The SMILES string of the molecule is CI=Nc1ccc(F)cc1-c1nc(N)nc(N)n1. The molecule has 0 amide bonds. The number of benzene rings is 1. The van der Waals surface area contributed by atoms with Gasteiger partial charge in [0.2, 0.25) is 11.9 Å². The van der Waals surface area contributed by atoms with Gasteiger partial charge in [-0.25, -0.2) is 7.54 Å². The van der Waals surface area contributed by atoms with Gasteiger partial charge in [0, 0.05) is 10.5 Å². The van der Waals surface area contributed by atoms with Crippen LogP contribution in [0.15, 0.2) is 21.3 Å². The molecule has 6 nitrogen and oxygen atoms in total. The monoisotopic (exact) mass is 360 g/mol. The molecule has 0 spiro atoms. The molecule has 0 saturated carbocycles.